The van der Waals surface area contributed by atoms with Crippen LogP contribution in [-0.2, 0) is 9.71 Å². The number of aromatic amines is 1. The van der Waals surface area contributed by atoms with Crippen LogP contribution in [0, 0.1) is 11.8 Å². The van der Waals surface area contributed by atoms with Crippen molar-refractivity contribution in [3.63, 3.8) is 0 Å². The van der Waals surface area contributed by atoms with Gasteiger partial charge in [0.05, 0.1) is 20.8 Å². The van der Waals surface area contributed by atoms with Gasteiger partial charge in [-0.1, -0.05) is 30.0 Å². The van der Waals surface area contributed by atoms with Crippen molar-refractivity contribution in [2.45, 2.75) is 4.90 Å². The van der Waals surface area contributed by atoms with E-state index in [9.17, 15) is 13.8 Å². The van der Waals surface area contributed by atoms with Gasteiger partial charge in [-0.15, -0.1) is 0 Å². The van der Waals surface area contributed by atoms with Crippen molar-refractivity contribution in [2.75, 3.05) is 0 Å². The van der Waals surface area contributed by atoms with Gasteiger partial charge in [0, 0.05) is 28.4 Å². The van der Waals surface area contributed by atoms with Crippen LogP contribution in [0.4, 0.5) is 0 Å². The molecule has 30 heavy (non-hydrogen) atoms. The summed E-state index contributed by atoms with van der Waals surface area (Å²) < 4.78 is 20.2. The lowest BCUT2D eigenvalue weighted by Gasteiger charge is -2.11. The number of oxazole rings is 1. The van der Waals surface area contributed by atoms with Crippen molar-refractivity contribution < 1.29 is 13.4 Å². The second kappa shape index (κ2) is 7.73. The highest BCUT2D eigenvalue weighted by Crippen LogP contribution is 2.12. The minimum Gasteiger partial charge on any atom is -0.408 e. The van der Waals surface area contributed by atoms with Gasteiger partial charge in [0.1, 0.15) is 0 Å². The van der Waals surface area contributed by atoms with Gasteiger partial charge >= 0.3 is 5.76 Å². The normalized spacial score (nSPS) is 12.5. The van der Waals surface area contributed by atoms with Gasteiger partial charge < -0.3 is 4.42 Å². The average molecular weight is 417 g/mol. The van der Waals surface area contributed by atoms with Crippen LogP contribution in [0.3, 0.4) is 0 Å². The lowest BCUT2D eigenvalue weighted by Crippen LogP contribution is -2.30. The molecule has 0 radical (unpaired) electrons. The lowest BCUT2D eigenvalue weighted by atomic mass is 10.1. The molecule has 0 aliphatic rings. The molecule has 2 heterocycles. The monoisotopic (exact) mass is 417 g/mol. The van der Waals surface area contributed by atoms with Gasteiger partial charge in [-0.3, -0.25) is 19.5 Å². The Morgan fingerprint density at radius 1 is 1.07 bits per heavy atom. The third kappa shape index (κ3) is 4.16. The lowest BCUT2D eigenvalue weighted by molar-refractivity contribution is 0.0982. The minimum absolute atomic E-state index is 0.212. The largest absolute Gasteiger partial charge is 0.417 e. The van der Waals surface area contributed by atoms with E-state index in [1.54, 1.807) is 54.6 Å². The molecule has 1 amide bonds. The predicted octanol–water partition coefficient (Wildman–Crippen LogP) is 2.34. The second-order valence-electron chi connectivity index (χ2n) is 6.36. The zero-order valence-electron chi connectivity index (χ0n) is 15.5. The fourth-order valence-corrected chi connectivity index (χ4v) is 3.85. The molecule has 2 aromatic heterocycles. The summed E-state index contributed by atoms with van der Waals surface area (Å²) in [7, 11) is -3.00. The molecule has 1 unspecified atom stereocenters. The van der Waals surface area contributed by atoms with Gasteiger partial charge in [0.25, 0.3) is 5.91 Å². The molecule has 0 saturated heterocycles. The fourth-order valence-electron chi connectivity index (χ4n) is 2.71. The van der Waals surface area contributed by atoms with Gasteiger partial charge in [0.2, 0.25) is 0 Å². The van der Waals surface area contributed by atoms with E-state index in [0.717, 1.165) is 0 Å². The standard InChI is InChI=1S/C22H15N3O4S/c1-30(28,18-5-3-2-4-6-18)25-21(26)17-11-16(13-23-14-17)8-7-15-9-10-20-19(12-15)24-22(27)29-20/h2-6,9-14H,1H2,(H,24,27)(H,25,26,28). The Bertz CT molecular complexity index is 1470. The van der Waals surface area contributed by atoms with Crippen molar-refractivity contribution in [1.29, 1.82) is 0 Å². The first-order chi connectivity index (χ1) is 14.4. The summed E-state index contributed by atoms with van der Waals surface area (Å²) in [5, 5.41) is 0. The van der Waals surface area contributed by atoms with E-state index in [1.807, 2.05) is 0 Å². The quantitative estimate of drug-likeness (QED) is 0.393. The molecule has 1 atom stereocenters. The van der Waals surface area contributed by atoms with Crippen molar-refractivity contribution in [2.24, 2.45) is 0 Å². The second-order valence-corrected chi connectivity index (χ2v) is 8.38. The molecule has 2 N–H and O–H groups in total. The summed E-state index contributed by atoms with van der Waals surface area (Å²) >= 11 is 0. The number of nitrogens with one attached hydrogen (secondary N) is 2. The van der Waals surface area contributed by atoms with Crippen LogP contribution in [-0.4, -0.2) is 26.0 Å². The Labute approximate surface area is 171 Å². The smallest absolute Gasteiger partial charge is 0.408 e. The summed E-state index contributed by atoms with van der Waals surface area (Å²) in [6.07, 6.45) is 2.88. The average Bonchev–Trinajstić information content (AvgIpc) is 3.12. The first-order valence-corrected chi connectivity index (χ1v) is 10.5. The number of rotatable bonds is 3. The van der Waals surface area contributed by atoms with Crippen LogP contribution >= 0.6 is 0 Å². The summed E-state index contributed by atoms with van der Waals surface area (Å²) in [6.45, 7) is 0. The Balaban J connectivity index is 1.56. The van der Waals surface area contributed by atoms with E-state index in [4.69, 9.17) is 4.42 Å². The van der Waals surface area contributed by atoms with Crippen LogP contribution in [0.15, 0.2) is 81.1 Å². The number of benzene rings is 2. The number of fused-ring (bicyclic) bond motifs is 1. The molecule has 0 bridgehead atoms. The van der Waals surface area contributed by atoms with E-state index in [0.29, 0.717) is 27.1 Å². The van der Waals surface area contributed by atoms with Gasteiger partial charge in [0.15, 0.2) is 5.58 Å². The van der Waals surface area contributed by atoms with Crippen LogP contribution in [0.2, 0.25) is 0 Å². The zero-order valence-corrected chi connectivity index (χ0v) is 16.4. The molecule has 2 aromatic carbocycles. The molecule has 4 rings (SSSR count). The number of amides is 1. The number of hydrogen-bond acceptors (Lipinski definition) is 5. The zero-order chi connectivity index (χ0) is 21.1. The number of nitrogens with zero attached hydrogens (tertiary/aromatic N) is 1. The molecule has 148 valence electrons. The highest BCUT2D eigenvalue weighted by atomic mass is 32.2. The maximum atomic E-state index is 12.8. The van der Waals surface area contributed by atoms with Crippen LogP contribution in [0.5, 0.6) is 0 Å². The van der Waals surface area contributed by atoms with Gasteiger partial charge in [-0.25, -0.2) is 9.00 Å². The van der Waals surface area contributed by atoms with Crippen molar-refractivity contribution in [3.8, 4) is 11.8 Å². The van der Waals surface area contributed by atoms with E-state index in [2.05, 4.69) is 32.4 Å². The van der Waals surface area contributed by atoms with Crippen LogP contribution in [0.25, 0.3) is 11.1 Å². The molecule has 0 fully saturated rings. The molecule has 8 heteroatoms. The first-order valence-electron chi connectivity index (χ1n) is 8.75. The highest BCUT2D eigenvalue weighted by molar-refractivity contribution is 7.99. The summed E-state index contributed by atoms with van der Waals surface area (Å²) in [5.74, 6) is 8.42. The highest BCUT2D eigenvalue weighted by Gasteiger charge is 2.14. The molecule has 7 nitrogen and oxygen atoms in total. The maximum absolute atomic E-state index is 12.8. The van der Waals surface area contributed by atoms with E-state index < -0.39 is 21.4 Å². The van der Waals surface area contributed by atoms with Gasteiger partial charge in [-0.2, -0.15) is 0 Å². The Kier molecular flexibility index (Phi) is 4.96. The number of carbonyl (C=O) groups excluding carboxylic acids is 1. The SMILES string of the molecule is C=S(=O)(NC(=O)c1cncc(C#Cc2ccc3oc(=O)[nH]c3c2)c1)c1ccccc1. The molecular weight excluding hydrogens is 402 g/mol. The molecule has 4 aromatic rings. The predicted molar refractivity (Wildman–Crippen MR) is 114 cm³/mol. The Morgan fingerprint density at radius 3 is 2.63 bits per heavy atom. The maximum Gasteiger partial charge on any atom is 0.417 e. The van der Waals surface area contributed by atoms with Crippen molar-refractivity contribution >= 4 is 32.6 Å². The fraction of sp³-hybridized carbons (Fsp3) is 0. The number of H-pyrrole nitrogens is 1. The Hall–Kier alpha value is -4.09. The van der Waals surface area contributed by atoms with E-state index in [-0.39, 0.29) is 5.56 Å². The van der Waals surface area contributed by atoms with Crippen molar-refractivity contribution in [1.82, 2.24) is 14.7 Å². The molecule has 0 aliphatic carbocycles. The molecule has 0 spiro atoms. The summed E-state index contributed by atoms with van der Waals surface area (Å²) in [4.78, 5) is 30.8. The van der Waals surface area contributed by atoms with Crippen LogP contribution in [0.1, 0.15) is 21.5 Å². The molecule has 0 saturated carbocycles. The number of hydrogen-bond donors (Lipinski definition) is 2. The van der Waals surface area contributed by atoms with Crippen molar-refractivity contribution in [3.05, 3.63) is 94.2 Å². The van der Waals surface area contributed by atoms with Crippen LogP contribution < -0.4 is 10.5 Å². The number of aromatic nitrogens is 2. The Morgan fingerprint density at radius 2 is 1.83 bits per heavy atom. The van der Waals surface area contributed by atoms with E-state index in [1.165, 1.54) is 12.4 Å². The first kappa shape index (κ1) is 19.2. The number of pyridine rings is 1. The summed E-state index contributed by atoms with van der Waals surface area (Å²) in [5.41, 5.74) is 2.35. The van der Waals surface area contributed by atoms with E-state index >= 15 is 0 Å². The third-order valence-electron chi connectivity index (χ3n) is 4.15. The topological polar surface area (TPSA) is 105 Å². The third-order valence-corrected chi connectivity index (χ3v) is 5.70. The molecule has 0 aliphatic heterocycles. The summed E-state index contributed by atoms with van der Waals surface area (Å²) in [6, 6.07) is 15.1. The molecular formula is C22H15N3O4S. The number of carbonyl (C=O) groups is 1. The minimum atomic E-state index is -3.00. The van der Waals surface area contributed by atoms with Gasteiger partial charge in [-0.05, 0) is 42.3 Å².